The van der Waals surface area contributed by atoms with E-state index in [1.54, 1.807) is 15.9 Å². The topological polar surface area (TPSA) is 154 Å². The summed E-state index contributed by atoms with van der Waals surface area (Å²) < 4.78 is 10.2. The minimum atomic E-state index is -1.27. The molecule has 1 aromatic carbocycles. The van der Waals surface area contributed by atoms with E-state index in [1.165, 1.54) is 0 Å². The maximum absolute atomic E-state index is 13.2. The number of nitrogens with zero attached hydrogens (tertiary/aromatic N) is 5. The standard InChI is InChI=1S/C28H34N6O7/c1-2-3-13-40-27(37)33-11-9-32(10-12-33)23(35)15-29-26(36)21-14-22(31-25(30-21)18-7-5-4-6-8-18)34-16-19-20(17-34)24(19)41-28(38)39/h4-8,14,19-20,24H,2-3,9-13,15-17H2,1H3,(H,29,36)(H,38,39)/t19-,20+,24-. The van der Waals surface area contributed by atoms with Gasteiger partial charge in [0, 0.05) is 62.7 Å². The van der Waals surface area contributed by atoms with Crippen LogP contribution in [0.4, 0.5) is 15.4 Å². The Balaban J connectivity index is 1.19. The van der Waals surface area contributed by atoms with Gasteiger partial charge in [0.2, 0.25) is 5.91 Å². The quantitative estimate of drug-likeness (QED) is 0.341. The summed E-state index contributed by atoms with van der Waals surface area (Å²) in [5.41, 5.74) is 0.863. The molecule has 1 aliphatic carbocycles. The lowest BCUT2D eigenvalue weighted by Crippen LogP contribution is -2.52. The molecule has 13 nitrogen and oxygen atoms in total. The summed E-state index contributed by atoms with van der Waals surface area (Å²) in [4.78, 5) is 63.4. The molecule has 2 aliphatic heterocycles. The van der Waals surface area contributed by atoms with Crippen LogP contribution in [0.5, 0.6) is 0 Å². The van der Waals surface area contributed by atoms with Crippen molar-refractivity contribution >= 4 is 29.9 Å². The summed E-state index contributed by atoms with van der Waals surface area (Å²) in [6.07, 6.45) is -0.195. The van der Waals surface area contributed by atoms with Crippen LogP contribution in [-0.2, 0) is 14.3 Å². The van der Waals surface area contributed by atoms with Crippen LogP contribution in [0.1, 0.15) is 30.3 Å². The Bertz CT molecular complexity index is 1270. The van der Waals surface area contributed by atoms with Crippen molar-refractivity contribution in [2.45, 2.75) is 25.9 Å². The number of piperidine rings is 1. The minimum Gasteiger partial charge on any atom is -0.450 e. The fourth-order valence-electron chi connectivity index (χ4n) is 5.27. The van der Waals surface area contributed by atoms with Gasteiger partial charge in [-0.1, -0.05) is 43.7 Å². The average Bonchev–Trinajstić information content (AvgIpc) is 3.40. The highest BCUT2D eigenvalue weighted by atomic mass is 16.7. The van der Waals surface area contributed by atoms with Crippen molar-refractivity contribution in [3.63, 3.8) is 0 Å². The van der Waals surface area contributed by atoms with E-state index < -0.39 is 12.1 Å². The normalized spacial score (nSPS) is 21.2. The molecule has 2 N–H and O–H groups in total. The van der Waals surface area contributed by atoms with Crippen LogP contribution in [0, 0.1) is 11.8 Å². The zero-order chi connectivity index (χ0) is 28.9. The summed E-state index contributed by atoms with van der Waals surface area (Å²) in [5, 5.41) is 11.6. The smallest absolute Gasteiger partial charge is 0.450 e. The monoisotopic (exact) mass is 566 g/mol. The number of carboxylic acid groups (broad SMARTS) is 1. The summed E-state index contributed by atoms with van der Waals surface area (Å²) in [5.74, 6) is 0.358. The third kappa shape index (κ3) is 6.67. The average molecular weight is 567 g/mol. The number of hydrogen-bond donors (Lipinski definition) is 2. The number of benzene rings is 1. The van der Waals surface area contributed by atoms with Gasteiger partial charge in [0.05, 0.1) is 13.2 Å². The Hall–Kier alpha value is -4.42. The molecule has 2 saturated heterocycles. The number of amides is 3. The number of hydrogen-bond acceptors (Lipinski definition) is 9. The lowest BCUT2D eigenvalue weighted by atomic mass is 10.2. The predicted octanol–water partition coefficient (Wildman–Crippen LogP) is 2.08. The third-order valence-electron chi connectivity index (χ3n) is 7.67. The SMILES string of the molecule is CCCCOC(=O)N1CCN(C(=O)CNC(=O)c2cc(N3C[C@@H]4[C@H](C3)[C@@H]4OC(=O)O)nc(-c3ccccc3)n2)CC1. The van der Waals surface area contributed by atoms with Gasteiger partial charge in [0.25, 0.3) is 5.91 Å². The highest BCUT2D eigenvalue weighted by molar-refractivity contribution is 5.96. The Kier molecular flexibility index (Phi) is 8.50. The zero-order valence-electron chi connectivity index (χ0n) is 22.9. The molecule has 5 rings (SSSR count). The van der Waals surface area contributed by atoms with Crippen LogP contribution in [0.3, 0.4) is 0 Å². The van der Waals surface area contributed by atoms with Crippen molar-refractivity contribution in [2.24, 2.45) is 11.8 Å². The van der Waals surface area contributed by atoms with E-state index in [0.717, 1.165) is 18.4 Å². The predicted molar refractivity (Wildman–Crippen MR) is 146 cm³/mol. The second-order valence-electron chi connectivity index (χ2n) is 10.4. The first-order valence-electron chi connectivity index (χ1n) is 13.9. The highest BCUT2D eigenvalue weighted by Crippen LogP contribution is 2.48. The lowest BCUT2D eigenvalue weighted by molar-refractivity contribution is -0.131. The van der Waals surface area contributed by atoms with Crippen LogP contribution < -0.4 is 10.2 Å². The van der Waals surface area contributed by atoms with Crippen molar-refractivity contribution < 1.29 is 33.8 Å². The third-order valence-corrected chi connectivity index (χ3v) is 7.67. The number of rotatable bonds is 9. The summed E-state index contributed by atoms with van der Waals surface area (Å²) in [6, 6.07) is 10.9. The molecule has 0 bridgehead atoms. The first-order valence-corrected chi connectivity index (χ1v) is 13.9. The Morgan fingerprint density at radius 2 is 1.68 bits per heavy atom. The number of carbonyl (C=O) groups is 4. The molecule has 0 unspecified atom stereocenters. The molecule has 3 aliphatic rings. The van der Waals surface area contributed by atoms with Crippen LogP contribution in [0.15, 0.2) is 36.4 Å². The first kappa shape index (κ1) is 28.1. The number of piperazine rings is 1. The molecule has 3 fully saturated rings. The van der Waals surface area contributed by atoms with E-state index in [-0.39, 0.29) is 42.2 Å². The molecular weight excluding hydrogens is 532 g/mol. The number of fused-ring (bicyclic) bond motifs is 1. The van der Waals surface area contributed by atoms with Crippen molar-refractivity contribution in [3.8, 4) is 11.4 Å². The molecule has 13 heteroatoms. The molecule has 1 saturated carbocycles. The molecule has 3 atom stereocenters. The largest absolute Gasteiger partial charge is 0.506 e. The molecule has 0 radical (unpaired) electrons. The van der Waals surface area contributed by atoms with E-state index >= 15 is 0 Å². The Morgan fingerprint density at radius 3 is 2.34 bits per heavy atom. The second kappa shape index (κ2) is 12.4. The van der Waals surface area contributed by atoms with Crippen LogP contribution in [0.2, 0.25) is 0 Å². The van der Waals surface area contributed by atoms with E-state index in [0.29, 0.717) is 57.5 Å². The van der Waals surface area contributed by atoms with Gasteiger partial charge in [-0.3, -0.25) is 9.59 Å². The number of nitrogens with one attached hydrogen (secondary N) is 1. The molecule has 0 spiro atoms. The number of anilines is 1. The van der Waals surface area contributed by atoms with E-state index in [2.05, 4.69) is 15.3 Å². The van der Waals surface area contributed by atoms with Crippen molar-refractivity contribution in [3.05, 3.63) is 42.1 Å². The van der Waals surface area contributed by atoms with Gasteiger partial charge in [-0.15, -0.1) is 0 Å². The minimum absolute atomic E-state index is 0.0924. The highest BCUT2D eigenvalue weighted by Gasteiger charge is 2.59. The molecule has 2 aromatic rings. The lowest BCUT2D eigenvalue weighted by Gasteiger charge is -2.34. The van der Waals surface area contributed by atoms with Gasteiger partial charge in [-0.25, -0.2) is 19.6 Å². The summed E-state index contributed by atoms with van der Waals surface area (Å²) in [7, 11) is 0. The van der Waals surface area contributed by atoms with Crippen molar-refractivity contribution in [1.82, 2.24) is 25.1 Å². The van der Waals surface area contributed by atoms with Crippen molar-refractivity contribution in [2.75, 3.05) is 57.3 Å². The van der Waals surface area contributed by atoms with Crippen LogP contribution >= 0.6 is 0 Å². The van der Waals surface area contributed by atoms with Gasteiger partial charge >= 0.3 is 12.2 Å². The van der Waals surface area contributed by atoms with Crippen LogP contribution in [-0.4, -0.2) is 107 Å². The van der Waals surface area contributed by atoms with E-state index in [1.807, 2.05) is 42.2 Å². The molecule has 41 heavy (non-hydrogen) atoms. The Labute approximate surface area is 237 Å². The fourth-order valence-corrected chi connectivity index (χ4v) is 5.27. The maximum atomic E-state index is 13.2. The van der Waals surface area contributed by atoms with E-state index in [9.17, 15) is 19.2 Å². The van der Waals surface area contributed by atoms with Gasteiger partial charge in [0.15, 0.2) is 5.82 Å². The Morgan fingerprint density at radius 1 is 1.00 bits per heavy atom. The fraction of sp³-hybridized carbons (Fsp3) is 0.500. The second-order valence-corrected chi connectivity index (χ2v) is 10.4. The van der Waals surface area contributed by atoms with Gasteiger partial charge in [0.1, 0.15) is 17.6 Å². The number of ether oxygens (including phenoxy) is 2. The van der Waals surface area contributed by atoms with Gasteiger partial charge < -0.3 is 34.6 Å². The molecule has 218 valence electrons. The summed E-state index contributed by atoms with van der Waals surface area (Å²) in [6.45, 7) is 4.78. The number of unbranched alkanes of at least 4 members (excludes halogenated alkanes) is 1. The van der Waals surface area contributed by atoms with Crippen molar-refractivity contribution in [1.29, 1.82) is 0 Å². The van der Waals surface area contributed by atoms with Gasteiger partial charge in [-0.2, -0.15) is 0 Å². The molecule has 3 heterocycles. The number of aromatic nitrogens is 2. The maximum Gasteiger partial charge on any atom is 0.506 e. The molecular formula is C28H34N6O7. The summed E-state index contributed by atoms with van der Waals surface area (Å²) >= 11 is 0. The van der Waals surface area contributed by atoms with Crippen LogP contribution in [0.25, 0.3) is 11.4 Å². The zero-order valence-corrected chi connectivity index (χ0v) is 22.9. The van der Waals surface area contributed by atoms with Gasteiger partial charge in [-0.05, 0) is 6.42 Å². The first-order chi connectivity index (χ1) is 19.8. The molecule has 3 amide bonds. The molecule has 1 aromatic heterocycles. The van der Waals surface area contributed by atoms with E-state index in [4.69, 9.17) is 14.6 Å². The number of carbonyl (C=O) groups excluding carboxylic acids is 3.